The normalized spacial score (nSPS) is 14.0. The van der Waals surface area contributed by atoms with E-state index < -0.39 is 0 Å². The van der Waals surface area contributed by atoms with Crippen molar-refractivity contribution >= 4 is 51.5 Å². The minimum absolute atomic E-state index is 0.207. The van der Waals surface area contributed by atoms with Crippen molar-refractivity contribution in [2.24, 2.45) is 0 Å². The van der Waals surface area contributed by atoms with E-state index in [-0.39, 0.29) is 23.6 Å². The number of benzene rings is 3. The van der Waals surface area contributed by atoms with Gasteiger partial charge in [0.25, 0.3) is 11.8 Å². The smallest absolute Gasteiger partial charge is 0.291 e. The lowest BCUT2D eigenvalue weighted by atomic mass is 10.0. The van der Waals surface area contributed by atoms with Gasteiger partial charge in [0.1, 0.15) is 0 Å². The van der Waals surface area contributed by atoms with Crippen LogP contribution >= 0.6 is 22.6 Å². The summed E-state index contributed by atoms with van der Waals surface area (Å²) in [7, 11) is 1.87. The third kappa shape index (κ3) is 6.96. The maximum atomic E-state index is 13.5. The first-order valence-corrected chi connectivity index (χ1v) is 15.6. The molecule has 0 unspecified atom stereocenters. The van der Waals surface area contributed by atoms with Crippen molar-refractivity contribution in [1.82, 2.24) is 10.6 Å². The van der Waals surface area contributed by atoms with Crippen LogP contribution in [0.4, 0.5) is 17.1 Å². The van der Waals surface area contributed by atoms with Crippen LogP contribution in [-0.4, -0.2) is 51.6 Å². The number of likely N-dealkylation sites (N-methyl/N-ethyl adjacent to an activating group) is 1. The Morgan fingerprint density at radius 2 is 1.60 bits per heavy atom. The molecular formula is C33H36IN5O3. The number of carbonyl (C=O) groups excluding carboxylic acids is 2. The van der Waals surface area contributed by atoms with E-state index in [1.807, 2.05) is 19.2 Å². The van der Waals surface area contributed by atoms with Gasteiger partial charge in [-0.3, -0.25) is 9.59 Å². The molecule has 2 heterocycles. The Hall–Kier alpha value is -3.83. The second-order valence-electron chi connectivity index (χ2n) is 10.4. The number of aryl methyl sites for hydroxylation is 1. The van der Waals surface area contributed by atoms with Gasteiger partial charge in [-0.15, -0.1) is 0 Å². The second-order valence-corrected chi connectivity index (χ2v) is 11.1. The summed E-state index contributed by atoms with van der Waals surface area (Å²) in [4.78, 5) is 31.2. The summed E-state index contributed by atoms with van der Waals surface area (Å²) in [6.07, 6.45) is 1.47. The van der Waals surface area contributed by atoms with Gasteiger partial charge in [-0.2, -0.15) is 0 Å². The van der Waals surface area contributed by atoms with Gasteiger partial charge in [0.05, 0.1) is 23.7 Å². The van der Waals surface area contributed by atoms with E-state index in [9.17, 15) is 9.59 Å². The number of amides is 2. The third-order valence-electron chi connectivity index (χ3n) is 7.58. The van der Waals surface area contributed by atoms with Crippen molar-refractivity contribution in [3.8, 4) is 0 Å². The fourth-order valence-corrected chi connectivity index (χ4v) is 5.80. The van der Waals surface area contributed by atoms with Crippen LogP contribution in [-0.2, 0) is 4.43 Å². The van der Waals surface area contributed by atoms with E-state index in [0.29, 0.717) is 17.8 Å². The molecule has 42 heavy (non-hydrogen) atoms. The molecule has 1 aliphatic rings. The average molecular weight is 678 g/mol. The SMILES string of the molecule is CNC[C@@H](NC(=O)c1ccc(N2CCN(c3ccccc3C)CC2)c(NC(=O)c2ccco2)c1)c1ccc(CI)cc1. The van der Waals surface area contributed by atoms with Crippen LogP contribution < -0.4 is 25.8 Å². The number of hydrogen-bond acceptors (Lipinski definition) is 6. The van der Waals surface area contributed by atoms with Gasteiger partial charge in [-0.1, -0.05) is 65.1 Å². The van der Waals surface area contributed by atoms with E-state index in [2.05, 4.69) is 104 Å². The molecule has 3 aromatic carbocycles. The molecule has 1 aromatic heterocycles. The summed E-state index contributed by atoms with van der Waals surface area (Å²) in [5.41, 5.74) is 6.68. The molecule has 1 fully saturated rings. The molecule has 5 rings (SSSR count). The second kappa shape index (κ2) is 13.9. The van der Waals surface area contributed by atoms with Crippen LogP contribution in [0.2, 0.25) is 0 Å². The van der Waals surface area contributed by atoms with Gasteiger partial charge in [0.2, 0.25) is 0 Å². The van der Waals surface area contributed by atoms with Gasteiger partial charge in [0, 0.05) is 48.4 Å². The highest BCUT2D eigenvalue weighted by atomic mass is 127. The highest BCUT2D eigenvalue weighted by Crippen LogP contribution is 2.31. The van der Waals surface area contributed by atoms with Crippen molar-refractivity contribution in [2.75, 3.05) is 54.9 Å². The summed E-state index contributed by atoms with van der Waals surface area (Å²) in [5, 5.41) is 9.35. The van der Waals surface area contributed by atoms with Crippen LogP contribution in [0.25, 0.3) is 0 Å². The Kier molecular flexibility index (Phi) is 9.81. The summed E-state index contributed by atoms with van der Waals surface area (Å²) < 4.78 is 6.26. The molecule has 0 aliphatic carbocycles. The zero-order valence-corrected chi connectivity index (χ0v) is 26.1. The molecule has 1 saturated heterocycles. The molecular weight excluding hydrogens is 641 g/mol. The Morgan fingerprint density at radius 3 is 2.24 bits per heavy atom. The summed E-state index contributed by atoms with van der Waals surface area (Å²) in [6, 6.07) is 25.3. The van der Waals surface area contributed by atoms with E-state index in [0.717, 1.165) is 41.9 Å². The average Bonchev–Trinajstić information content (AvgIpc) is 3.57. The Bertz CT molecular complexity index is 1500. The van der Waals surface area contributed by atoms with Crippen LogP contribution in [0, 0.1) is 6.92 Å². The van der Waals surface area contributed by atoms with Crippen molar-refractivity contribution < 1.29 is 14.0 Å². The van der Waals surface area contributed by atoms with Crippen LogP contribution in [0.3, 0.4) is 0 Å². The lowest BCUT2D eigenvalue weighted by Gasteiger charge is -2.38. The molecule has 2 amide bonds. The number of halogens is 1. The van der Waals surface area contributed by atoms with E-state index in [1.165, 1.54) is 23.1 Å². The highest BCUT2D eigenvalue weighted by molar-refractivity contribution is 14.1. The molecule has 0 radical (unpaired) electrons. The first-order chi connectivity index (χ1) is 20.5. The summed E-state index contributed by atoms with van der Waals surface area (Å²) in [6.45, 7) is 5.97. The number of piperazine rings is 1. The first kappa shape index (κ1) is 29.7. The predicted molar refractivity (Wildman–Crippen MR) is 177 cm³/mol. The Balaban J connectivity index is 1.37. The summed E-state index contributed by atoms with van der Waals surface area (Å²) in [5.74, 6) is -0.359. The van der Waals surface area contributed by atoms with Gasteiger partial charge >= 0.3 is 0 Å². The van der Waals surface area contributed by atoms with Gasteiger partial charge in [-0.05, 0) is 67.1 Å². The number of nitrogens with zero attached hydrogens (tertiary/aromatic N) is 2. The predicted octanol–water partition coefficient (Wildman–Crippen LogP) is 5.79. The Morgan fingerprint density at radius 1 is 0.881 bits per heavy atom. The molecule has 218 valence electrons. The fourth-order valence-electron chi connectivity index (χ4n) is 5.29. The van der Waals surface area contributed by atoms with E-state index in [4.69, 9.17) is 4.42 Å². The lowest BCUT2D eigenvalue weighted by Crippen LogP contribution is -2.47. The number of rotatable bonds is 10. The van der Waals surface area contributed by atoms with Gasteiger partial charge in [0.15, 0.2) is 5.76 Å². The molecule has 3 N–H and O–H groups in total. The number of alkyl halides is 1. The summed E-state index contributed by atoms with van der Waals surface area (Å²) >= 11 is 2.34. The molecule has 4 aromatic rings. The molecule has 1 atom stereocenters. The lowest BCUT2D eigenvalue weighted by molar-refractivity contribution is 0.0935. The van der Waals surface area contributed by atoms with Crippen molar-refractivity contribution in [3.63, 3.8) is 0 Å². The monoisotopic (exact) mass is 677 g/mol. The first-order valence-electron chi connectivity index (χ1n) is 14.1. The molecule has 1 aliphatic heterocycles. The number of nitrogens with one attached hydrogen (secondary N) is 3. The minimum atomic E-state index is -0.360. The van der Waals surface area contributed by atoms with Gasteiger partial charge < -0.3 is 30.2 Å². The maximum Gasteiger partial charge on any atom is 0.291 e. The number of para-hydroxylation sites is 1. The molecule has 8 nitrogen and oxygen atoms in total. The third-order valence-corrected chi connectivity index (χ3v) is 8.46. The number of carbonyl (C=O) groups is 2. The quantitative estimate of drug-likeness (QED) is 0.146. The zero-order chi connectivity index (χ0) is 29.5. The molecule has 0 spiro atoms. The number of hydrogen-bond donors (Lipinski definition) is 3. The van der Waals surface area contributed by atoms with Crippen molar-refractivity contribution in [1.29, 1.82) is 0 Å². The molecule has 0 bridgehead atoms. The number of anilines is 3. The number of furan rings is 1. The molecule has 9 heteroatoms. The van der Waals surface area contributed by atoms with E-state index >= 15 is 0 Å². The topological polar surface area (TPSA) is 89.9 Å². The Labute approximate surface area is 260 Å². The van der Waals surface area contributed by atoms with Crippen LogP contribution in [0.1, 0.15) is 43.6 Å². The van der Waals surface area contributed by atoms with Crippen LogP contribution in [0.5, 0.6) is 0 Å². The largest absolute Gasteiger partial charge is 0.459 e. The van der Waals surface area contributed by atoms with Crippen molar-refractivity contribution in [3.05, 3.63) is 113 Å². The van der Waals surface area contributed by atoms with Crippen molar-refractivity contribution in [2.45, 2.75) is 17.4 Å². The maximum absolute atomic E-state index is 13.5. The zero-order valence-electron chi connectivity index (χ0n) is 23.9. The van der Waals surface area contributed by atoms with E-state index in [1.54, 1.807) is 18.2 Å². The van der Waals surface area contributed by atoms with Crippen LogP contribution in [0.15, 0.2) is 89.5 Å². The molecule has 0 saturated carbocycles. The fraction of sp³-hybridized carbons (Fsp3) is 0.273. The minimum Gasteiger partial charge on any atom is -0.459 e. The standard InChI is InChI=1S/C33H36IN5O3/c1-23-6-3-4-7-29(23)38-15-17-39(18-16-38)30-14-13-26(20-27(30)36-33(41)31-8-5-19-42-31)32(40)37-28(22-35-2)25-11-9-24(21-34)10-12-25/h3-14,19-20,28,35H,15-18,21-22H2,1-2H3,(H,36,41)(H,37,40)/t28-/m1/s1. The van der Waals surface area contributed by atoms with Gasteiger partial charge in [-0.25, -0.2) is 0 Å². The highest BCUT2D eigenvalue weighted by Gasteiger charge is 2.23.